The molecule has 17 heavy (non-hydrogen) atoms. The van der Waals surface area contributed by atoms with Crippen LogP contribution in [0.25, 0.3) is 11.1 Å². The number of aryl methyl sites for hydroxylation is 1. The molecule has 2 aromatic carbocycles. The van der Waals surface area contributed by atoms with Crippen LogP contribution in [-0.2, 0) is 0 Å². The lowest BCUT2D eigenvalue weighted by molar-refractivity contribution is 0.0697. The summed E-state index contributed by atoms with van der Waals surface area (Å²) in [5, 5.41) is 8.95. The second kappa shape index (κ2) is 4.29. The molecule has 0 aliphatic heterocycles. The van der Waals surface area contributed by atoms with Gasteiger partial charge in [0.15, 0.2) is 0 Å². The Kier molecular flexibility index (Phi) is 2.83. The van der Waals surface area contributed by atoms with Gasteiger partial charge in [0.2, 0.25) is 0 Å². The smallest absolute Gasteiger partial charge is 0.335 e. The maximum absolute atomic E-state index is 10.9. The molecule has 2 aromatic rings. The lowest BCUT2D eigenvalue weighted by Gasteiger charge is -2.07. The number of benzene rings is 2. The summed E-state index contributed by atoms with van der Waals surface area (Å²) in [6.07, 6.45) is 0. The summed E-state index contributed by atoms with van der Waals surface area (Å²) in [6.45, 7) is 1.96. The van der Waals surface area contributed by atoms with E-state index in [1.54, 1.807) is 18.2 Å². The largest absolute Gasteiger partial charge is 0.478 e. The number of nitrogens with two attached hydrogens (primary N) is 1. The van der Waals surface area contributed by atoms with E-state index in [-0.39, 0.29) is 0 Å². The Morgan fingerprint density at radius 1 is 1.18 bits per heavy atom. The van der Waals surface area contributed by atoms with Gasteiger partial charge in [-0.1, -0.05) is 18.2 Å². The zero-order valence-electron chi connectivity index (χ0n) is 9.47. The van der Waals surface area contributed by atoms with Crippen LogP contribution in [0, 0.1) is 6.92 Å². The molecule has 3 heteroatoms. The average molecular weight is 227 g/mol. The van der Waals surface area contributed by atoms with Gasteiger partial charge in [-0.15, -0.1) is 0 Å². The van der Waals surface area contributed by atoms with Gasteiger partial charge in [0.1, 0.15) is 0 Å². The van der Waals surface area contributed by atoms with Gasteiger partial charge >= 0.3 is 5.97 Å². The van der Waals surface area contributed by atoms with Crippen molar-refractivity contribution in [2.45, 2.75) is 6.92 Å². The van der Waals surface area contributed by atoms with Gasteiger partial charge in [-0.3, -0.25) is 0 Å². The van der Waals surface area contributed by atoms with Gasteiger partial charge in [0, 0.05) is 5.69 Å². The first-order valence-electron chi connectivity index (χ1n) is 5.28. The first-order chi connectivity index (χ1) is 8.08. The number of anilines is 1. The number of aromatic carboxylic acids is 1. The molecule has 86 valence electrons. The standard InChI is InChI=1S/C14H13NO2/c1-9-7-12(15)5-6-13(9)10-3-2-4-11(8-10)14(16)17/h2-8H,15H2,1H3,(H,16,17). The van der Waals surface area contributed by atoms with E-state index < -0.39 is 5.97 Å². The van der Waals surface area contributed by atoms with E-state index in [9.17, 15) is 4.79 Å². The lowest BCUT2D eigenvalue weighted by atomic mass is 9.98. The van der Waals surface area contributed by atoms with Gasteiger partial charge in [-0.05, 0) is 47.9 Å². The molecule has 0 fully saturated rings. The van der Waals surface area contributed by atoms with Crippen LogP contribution in [0.2, 0.25) is 0 Å². The fraction of sp³-hybridized carbons (Fsp3) is 0.0714. The summed E-state index contributed by atoms with van der Waals surface area (Å²) < 4.78 is 0. The molecular formula is C14H13NO2. The van der Waals surface area contributed by atoms with Gasteiger partial charge in [0.25, 0.3) is 0 Å². The van der Waals surface area contributed by atoms with Gasteiger partial charge < -0.3 is 10.8 Å². The molecule has 2 rings (SSSR count). The predicted molar refractivity (Wildman–Crippen MR) is 68.0 cm³/mol. The number of carboxylic acids is 1. The van der Waals surface area contributed by atoms with Crippen molar-refractivity contribution in [1.82, 2.24) is 0 Å². The summed E-state index contributed by atoms with van der Waals surface area (Å²) in [5.41, 5.74) is 9.62. The van der Waals surface area contributed by atoms with E-state index >= 15 is 0 Å². The summed E-state index contributed by atoms with van der Waals surface area (Å²) in [6, 6.07) is 12.5. The van der Waals surface area contributed by atoms with E-state index in [4.69, 9.17) is 10.8 Å². The Balaban J connectivity index is 2.53. The molecule has 0 saturated heterocycles. The average Bonchev–Trinajstić information content (AvgIpc) is 2.29. The number of hydrogen-bond donors (Lipinski definition) is 2. The number of rotatable bonds is 2. The molecule has 0 atom stereocenters. The Morgan fingerprint density at radius 2 is 1.94 bits per heavy atom. The van der Waals surface area contributed by atoms with E-state index in [0.717, 1.165) is 16.7 Å². The number of hydrogen-bond acceptors (Lipinski definition) is 2. The van der Waals surface area contributed by atoms with Crippen LogP contribution in [0.5, 0.6) is 0 Å². The fourth-order valence-corrected chi connectivity index (χ4v) is 1.83. The van der Waals surface area contributed by atoms with E-state index in [2.05, 4.69) is 0 Å². The number of carbonyl (C=O) groups is 1. The van der Waals surface area contributed by atoms with Crippen molar-refractivity contribution >= 4 is 11.7 Å². The lowest BCUT2D eigenvalue weighted by Crippen LogP contribution is -1.96. The van der Waals surface area contributed by atoms with Crippen LogP contribution in [-0.4, -0.2) is 11.1 Å². The maximum atomic E-state index is 10.9. The second-order valence-corrected chi connectivity index (χ2v) is 3.96. The van der Waals surface area contributed by atoms with Crippen LogP contribution in [0.1, 0.15) is 15.9 Å². The van der Waals surface area contributed by atoms with Crippen molar-refractivity contribution in [3.8, 4) is 11.1 Å². The summed E-state index contributed by atoms with van der Waals surface area (Å²) in [7, 11) is 0. The van der Waals surface area contributed by atoms with Crippen molar-refractivity contribution in [1.29, 1.82) is 0 Å². The topological polar surface area (TPSA) is 63.3 Å². The van der Waals surface area contributed by atoms with E-state index in [0.29, 0.717) is 11.3 Å². The van der Waals surface area contributed by atoms with Crippen molar-refractivity contribution in [2.24, 2.45) is 0 Å². The molecule has 0 spiro atoms. The highest BCUT2D eigenvalue weighted by Gasteiger charge is 2.06. The fourth-order valence-electron chi connectivity index (χ4n) is 1.83. The highest BCUT2D eigenvalue weighted by molar-refractivity contribution is 5.89. The molecule has 3 nitrogen and oxygen atoms in total. The quantitative estimate of drug-likeness (QED) is 0.775. The van der Waals surface area contributed by atoms with Gasteiger partial charge in [-0.2, -0.15) is 0 Å². The third-order valence-corrected chi connectivity index (χ3v) is 2.67. The van der Waals surface area contributed by atoms with Crippen LogP contribution < -0.4 is 5.73 Å². The Labute approximate surface area is 99.5 Å². The SMILES string of the molecule is Cc1cc(N)ccc1-c1cccc(C(=O)O)c1. The molecule has 0 heterocycles. The van der Waals surface area contributed by atoms with Gasteiger partial charge in [-0.25, -0.2) is 4.79 Å². The Bertz CT molecular complexity index is 576. The molecule has 0 bridgehead atoms. The van der Waals surface area contributed by atoms with Crippen LogP contribution in [0.4, 0.5) is 5.69 Å². The Morgan fingerprint density at radius 3 is 2.59 bits per heavy atom. The van der Waals surface area contributed by atoms with E-state index in [1.165, 1.54) is 0 Å². The van der Waals surface area contributed by atoms with Crippen LogP contribution in [0.3, 0.4) is 0 Å². The zero-order valence-corrected chi connectivity index (χ0v) is 9.47. The molecule has 0 aliphatic carbocycles. The van der Waals surface area contributed by atoms with Crippen molar-refractivity contribution in [2.75, 3.05) is 5.73 Å². The third kappa shape index (κ3) is 2.28. The molecule has 0 aromatic heterocycles. The molecular weight excluding hydrogens is 214 g/mol. The second-order valence-electron chi connectivity index (χ2n) is 3.96. The van der Waals surface area contributed by atoms with E-state index in [1.807, 2.05) is 31.2 Å². The monoisotopic (exact) mass is 227 g/mol. The molecule has 0 amide bonds. The molecule has 0 radical (unpaired) electrons. The Hall–Kier alpha value is -2.29. The highest BCUT2D eigenvalue weighted by atomic mass is 16.4. The van der Waals surface area contributed by atoms with Crippen molar-refractivity contribution in [3.05, 3.63) is 53.6 Å². The predicted octanol–water partition coefficient (Wildman–Crippen LogP) is 2.94. The maximum Gasteiger partial charge on any atom is 0.335 e. The molecule has 0 unspecified atom stereocenters. The van der Waals surface area contributed by atoms with Gasteiger partial charge in [0.05, 0.1) is 5.56 Å². The summed E-state index contributed by atoms with van der Waals surface area (Å²) in [5.74, 6) is -0.917. The summed E-state index contributed by atoms with van der Waals surface area (Å²) in [4.78, 5) is 10.9. The number of carboxylic acid groups (broad SMARTS) is 1. The van der Waals surface area contributed by atoms with Crippen LogP contribution in [0.15, 0.2) is 42.5 Å². The minimum absolute atomic E-state index is 0.290. The van der Waals surface area contributed by atoms with Crippen molar-refractivity contribution < 1.29 is 9.90 Å². The first-order valence-corrected chi connectivity index (χ1v) is 5.28. The zero-order chi connectivity index (χ0) is 12.4. The molecule has 0 saturated carbocycles. The third-order valence-electron chi connectivity index (χ3n) is 2.67. The minimum Gasteiger partial charge on any atom is -0.478 e. The normalized spacial score (nSPS) is 10.2. The first kappa shape index (κ1) is 11.2. The molecule has 3 N–H and O–H groups in total. The van der Waals surface area contributed by atoms with Crippen LogP contribution >= 0.6 is 0 Å². The highest BCUT2D eigenvalue weighted by Crippen LogP contribution is 2.25. The minimum atomic E-state index is -0.917. The van der Waals surface area contributed by atoms with Crippen molar-refractivity contribution in [3.63, 3.8) is 0 Å². The number of nitrogen functional groups attached to an aromatic ring is 1. The molecule has 0 aliphatic rings. The summed E-state index contributed by atoms with van der Waals surface area (Å²) >= 11 is 0.